The molecule has 0 amide bonds. The molecule has 1 N–H and O–H groups in total. The van der Waals surface area contributed by atoms with Crippen LogP contribution in [0.5, 0.6) is 0 Å². The second-order valence-electron chi connectivity index (χ2n) is 6.63. The predicted molar refractivity (Wildman–Crippen MR) is 104 cm³/mol. The van der Waals surface area contributed by atoms with Crippen molar-refractivity contribution in [1.82, 2.24) is 15.2 Å². The molecule has 1 aromatic heterocycles. The van der Waals surface area contributed by atoms with Crippen LogP contribution in [0.15, 0.2) is 30.5 Å². The highest BCUT2D eigenvalue weighted by atomic mass is 15.3. The Labute approximate surface area is 150 Å². The second-order valence-corrected chi connectivity index (χ2v) is 6.63. The molecule has 1 aliphatic heterocycles. The lowest BCUT2D eigenvalue weighted by Gasteiger charge is -2.28. The van der Waals surface area contributed by atoms with Crippen molar-refractivity contribution in [3.8, 4) is 0 Å². The Kier molecular flexibility index (Phi) is 6.04. The molecule has 0 bridgehead atoms. The Balaban J connectivity index is 1.63. The molecule has 1 saturated heterocycles. The van der Waals surface area contributed by atoms with Gasteiger partial charge in [-0.15, -0.1) is 5.10 Å². The van der Waals surface area contributed by atoms with Crippen LogP contribution in [0.3, 0.4) is 0 Å². The largest absolute Gasteiger partial charge is 0.372 e. The van der Waals surface area contributed by atoms with Crippen LogP contribution in [-0.2, 0) is 0 Å². The summed E-state index contributed by atoms with van der Waals surface area (Å²) >= 11 is 0. The van der Waals surface area contributed by atoms with Crippen molar-refractivity contribution in [3.05, 3.63) is 30.5 Å². The van der Waals surface area contributed by atoms with Crippen molar-refractivity contribution in [2.24, 2.45) is 0 Å². The van der Waals surface area contributed by atoms with Crippen molar-refractivity contribution in [2.45, 2.75) is 39.0 Å². The summed E-state index contributed by atoms with van der Waals surface area (Å²) in [5.41, 5.74) is 2.27. The normalized spacial score (nSPS) is 14.4. The molecule has 3 rings (SSSR count). The molecule has 0 aliphatic carbocycles. The van der Waals surface area contributed by atoms with Gasteiger partial charge in [-0.25, -0.2) is 0 Å². The van der Waals surface area contributed by atoms with Gasteiger partial charge in [0.25, 0.3) is 0 Å². The monoisotopic (exact) mass is 340 g/mol. The zero-order valence-corrected chi connectivity index (χ0v) is 15.3. The highest BCUT2D eigenvalue weighted by Crippen LogP contribution is 2.23. The Morgan fingerprint density at radius 1 is 1.12 bits per heavy atom. The highest BCUT2D eigenvalue weighted by Gasteiger charge is 2.11. The summed E-state index contributed by atoms with van der Waals surface area (Å²) in [6.45, 7) is 5.48. The van der Waals surface area contributed by atoms with E-state index in [9.17, 15) is 0 Å². The molecular weight excluding hydrogens is 312 g/mol. The van der Waals surface area contributed by atoms with Crippen LogP contribution in [0, 0.1) is 0 Å². The molecule has 2 heterocycles. The van der Waals surface area contributed by atoms with Crippen LogP contribution in [0.1, 0.15) is 39.0 Å². The molecule has 0 atom stereocenters. The van der Waals surface area contributed by atoms with Gasteiger partial charge in [-0.3, -0.25) is 0 Å². The van der Waals surface area contributed by atoms with E-state index in [1.165, 1.54) is 24.9 Å². The first-order valence-corrected chi connectivity index (χ1v) is 9.29. The summed E-state index contributed by atoms with van der Waals surface area (Å²) in [7, 11) is 2.04. The fraction of sp³-hybridized carbons (Fsp3) is 0.526. The zero-order valence-electron chi connectivity index (χ0n) is 15.3. The van der Waals surface area contributed by atoms with Crippen LogP contribution in [-0.4, -0.2) is 41.9 Å². The predicted octanol–water partition coefficient (Wildman–Crippen LogP) is 3.84. The standard InChI is InChI=1S/C19H28N6/c1-3-4-12-24(2)18-15-20-23-19(22-18)21-16-8-10-17(11-9-16)25-13-6-5-7-14-25/h8-11,15H,3-7,12-14H2,1-2H3,(H,21,22,23). The van der Waals surface area contributed by atoms with Gasteiger partial charge in [0.2, 0.25) is 5.95 Å². The Bertz CT molecular complexity index is 651. The third-order valence-electron chi connectivity index (χ3n) is 4.63. The first kappa shape index (κ1) is 17.5. The average Bonchev–Trinajstić information content (AvgIpc) is 2.67. The maximum Gasteiger partial charge on any atom is 0.249 e. The van der Waals surface area contributed by atoms with Crippen molar-refractivity contribution < 1.29 is 0 Å². The molecule has 25 heavy (non-hydrogen) atoms. The van der Waals surface area contributed by atoms with Crippen LogP contribution in [0.2, 0.25) is 0 Å². The lowest BCUT2D eigenvalue weighted by molar-refractivity contribution is 0.578. The van der Waals surface area contributed by atoms with Gasteiger partial charge in [0.15, 0.2) is 5.82 Å². The third kappa shape index (κ3) is 4.81. The number of aromatic nitrogens is 3. The van der Waals surface area contributed by atoms with Crippen LogP contribution >= 0.6 is 0 Å². The summed E-state index contributed by atoms with van der Waals surface area (Å²) < 4.78 is 0. The molecular formula is C19H28N6. The number of benzene rings is 1. The number of anilines is 4. The molecule has 1 fully saturated rings. The van der Waals surface area contributed by atoms with Gasteiger partial charge in [0.05, 0.1) is 6.20 Å². The molecule has 0 unspecified atom stereocenters. The van der Waals surface area contributed by atoms with E-state index in [2.05, 4.69) is 61.5 Å². The fourth-order valence-electron chi connectivity index (χ4n) is 3.08. The van der Waals surface area contributed by atoms with Crippen LogP contribution < -0.4 is 15.1 Å². The van der Waals surface area contributed by atoms with Gasteiger partial charge in [0, 0.05) is 38.1 Å². The summed E-state index contributed by atoms with van der Waals surface area (Å²) in [4.78, 5) is 9.13. The summed E-state index contributed by atoms with van der Waals surface area (Å²) in [6, 6.07) is 8.50. The molecule has 2 aromatic rings. The van der Waals surface area contributed by atoms with Gasteiger partial charge in [-0.2, -0.15) is 10.1 Å². The van der Waals surface area contributed by atoms with Crippen molar-refractivity contribution in [2.75, 3.05) is 41.8 Å². The lowest BCUT2D eigenvalue weighted by Crippen LogP contribution is -2.29. The first-order valence-electron chi connectivity index (χ1n) is 9.29. The zero-order chi connectivity index (χ0) is 17.5. The smallest absolute Gasteiger partial charge is 0.249 e. The molecule has 1 aliphatic rings. The van der Waals surface area contributed by atoms with Gasteiger partial charge >= 0.3 is 0 Å². The fourth-order valence-corrected chi connectivity index (χ4v) is 3.08. The number of rotatable bonds is 7. The molecule has 134 valence electrons. The summed E-state index contributed by atoms with van der Waals surface area (Å²) in [5, 5.41) is 11.4. The number of hydrogen-bond acceptors (Lipinski definition) is 6. The summed E-state index contributed by atoms with van der Waals surface area (Å²) in [5.74, 6) is 1.38. The topological polar surface area (TPSA) is 57.2 Å². The quantitative estimate of drug-likeness (QED) is 0.826. The molecule has 1 aromatic carbocycles. The van der Waals surface area contributed by atoms with E-state index in [1.807, 2.05) is 7.05 Å². The average molecular weight is 340 g/mol. The maximum atomic E-state index is 4.56. The van der Waals surface area contributed by atoms with E-state index in [1.54, 1.807) is 6.20 Å². The van der Waals surface area contributed by atoms with Gasteiger partial charge in [0.1, 0.15) is 0 Å². The highest BCUT2D eigenvalue weighted by molar-refractivity contribution is 5.59. The van der Waals surface area contributed by atoms with Gasteiger partial charge < -0.3 is 15.1 Å². The minimum Gasteiger partial charge on any atom is -0.372 e. The third-order valence-corrected chi connectivity index (χ3v) is 4.63. The Hall–Kier alpha value is -2.37. The minimum atomic E-state index is 0.534. The number of unbranched alkanes of at least 4 members (excludes halogenated alkanes) is 1. The number of hydrogen-bond donors (Lipinski definition) is 1. The SMILES string of the molecule is CCCCN(C)c1cnnc(Nc2ccc(N3CCCCC3)cc2)n1. The maximum absolute atomic E-state index is 4.56. The van der Waals surface area contributed by atoms with Crippen molar-refractivity contribution in [1.29, 1.82) is 0 Å². The molecule has 0 radical (unpaired) electrons. The van der Waals surface area contributed by atoms with Crippen LogP contribution in [0.4, 0.5) is 23.1 Å². The molecule has 0 saturated carbocycles. The first-order chi connectivity index (χ1) is 12.3. The van der Waals surface area contributed by atoms with E-state index in [-0.39, 0.29) is 0 Å². The number of nitrogens with one attached hydrogen (secondary N) is 1. The van der Waals surface area contributed by atoms with Gasteiger partial charge in [-0.05, 0) is 49.9 Å². The lowest BCUT2D eigenvalue weighted by atomic mass is 10.1. The second kappa shape index (κ2) is 8.65. The van der Waals surface area contributed by atoms with Crippen molar-refractivity contribution >= 4 is 23.1 Å². The number of piperidine rings is 1. The van der Waals surface area contributed by atoms with E-state index >= 15 is 0 Å². The Morgan fingerprint density at radius 3 is 2.60 bits per heavy atom. The summed E-state index contributed by atoms with van der Waals surface area (Å²) in [6.07, 6.45) is 7.94. The molecule has 0 spiro atoms. The molecule has 6 nitrogen and oxygen atoms in total. The van der Waals surface area contributed by atoms with E-state index in [4.69, 9.17) is 0 Å². The van der Waals surface area contributed by atoms with E-state index < -0.39 is 0 Å². The van der Waals surface area contributed by atoms with E-state index in [0.29, 0.717) is 5.95 Å². The molecule has 6 heteroatoms. The van der Waals surface area contributed by atoms with Gasteiger partial charge in [-0.1, -0.05) is 13.3 Å². The van der Waals surface area contributed by atoms with Crippen LogP contribution in [0.25, 0.3) is 0 Å². The number of nitrogens with zero attached hydrogens (tertiary/aromatic N) is 5. The van der Waals surface area contributed by atoms with E-state index in [0.717, 1.165) is 44.0 Å². The minimum absolute atomic E-state index is 0.534. The Morgan fingerprint density at radius 2 is 1.88 bits per heavy atom. The van der Waals surface area contributed by atoms with Crippen molar-refractivity contribution in [3.63, 3.8) is 0 Å².